The van der Waals surface area contributed by atoms with E-state index in [2.05, 4.69) is 0 Å². The quantitative estimate of drug-likeness (QED) is 0.657. The lowest BCUT2D eigenvalue weighted by Crippen LogP contribution is -2.27. The smallest absolute Gasteiger partial charge is 0.303 e. The Morgan fingerprint density at radius 2 is 1.85 bits per heavy atom. The number of esters is 1. The number of carbonyl (C=O) groups is 2. The second-order valence-corrected chi connectivity index (χ2v) is 4.72. The fourth-order valence-corrected chi connectivity index (χ4v) is 1.76. The lowest BCUT2D eigenvalue weighted by atomic mass is 10.1. The number of hydrogen-bond acceptors (Lipinski definition) is 4. The highest BCUT2D eigenvalue weighted by Crippen LogP contribution is 2.18. The minimum absolute atomic E-state index is 0.0959. The molecule has 4 heteroatoms. The second kappa shape index (κ2) is 5.27. The Bertz CT molecular complexity index is 199. The highest BCUT2D eigenvalue weighted by Gasteiger charge is 2.20. The van der Waals surface area contributed by atoms with Gasteiger partial charge in [0.05, 0.1) is 0 Å². The van der Waals surface area contributed by atoms with E-state index in [1.165, 1.54) is 25.6 Å². The summed E-state index contributed by atoms with van der Waals surface area (Å²) in [5, 5.41) is 0.0959. The Kier molecular flexibility index (Phi) is 5.06. The van der Waals surface area contributed by atoms with E-state index in [0.29, 0.717) is 12.2 Å². The lowest BCUT2D eigenvalue weighted by molar-refractivity contribution is -0.153. The van der Waals surface area contributed by atoms with E-state index in [1.54, 1.807) is 0 Å². The molecule has 0 heterocycles. The van der Waals surface area contributed by atoms with Crippen LogP contribution in [-0.4, -0.2) is 22.4 Å². The van der Waals surface area contributed by atoms with Crippen molar-refractivity contribution < 1.29 is 14.3 Å². The second-order valence-electron chi connectivity index (χ2n) is 3.44. The molecule has 0 fully saturated rings. The third-order valence-electron chi connectivity index (χ3n) is 1.43. The molecule has 0 saturated carbocycles. The molecule has 0 atom stereocenters. The Balaban J connectivity index is 3.75. The molecular formula is C9H16O3S. The van der Waals surface area contributed by atoms with Crippen LogP contribution in [-0.2, 0) is 14.3 Å². The minimum atomic E-state index is -0.464. The molecule has 0 bridgehead atoms. The topological polar surface area (TPSA) is 43.4 Å². The van der Waals surface area contributed by atoms with Gasteiger partial charge in [-0.3, -0.25) is 9.59 Å². The van der Waals surface area contributed by atoms with Gasteiger partial charge in [-0.05, 0) is 20.3 Å². The number of hydrogen-bond donors (Lipinski definition) is 0. The summed E-state index contributed by atoms with van der Waals surface area (Å²) >= 11 is 1.26. The maximum atomic E-state index is 10.7. The summed E-state index contributed by atoms with van der Waals surface area (Å²) in [7, 11) is 0. The van der Waals surface area contributed by atoms with Crippen LogP contribution in [0.2, 0.25) is 0 Å². The van der Waals surface area contributed by atoms with E-state index < -0.39 is 5.60 Å². The average molecular weight is 204 g/mol. The van der Waals surface area contributed by atoms with Crippen molar-refractivity contribution in [2.45, 2.75) is 39.7 Å². The van der Waals surface area contributed by atoms with E-state index in [1.807, 2.05) is 13.8 Å². The van der Waals surface area contributed by atoms with Crippen molar-refractivity contribution in [1.29, 1.82) is 0 Å². The van der Waals surface area contributed by atoms with Gasteiger partial charge in [0.1, 0.15) is 5.60 Å². The molecule has 3 nitrogen and oxygen atoms in total. The number of thioether (sulfide) groups is 1. The molecule has 0 aromatic rings. The molecule has 0 aliphatic carbocycles. The van der Waals surface area contributed by atoms with Gasteiger partial charge < -0.3 is 4.74 Å². The van der Waals surface area contributed by atoms with Gasteiger partial charge >= 0.3 is 5.97 Å². The summed E-state index contributed by atoms with van der Waals surface area (Å²) in [5.41, 5.74) is -0.464. The molecule has 0 radical (unpaired) electrons. The Labute approximate surface area is 83.2 Å². The van der Waals surface area contributed by atoms with Crippen LogP contribution in [0.5, 0.6) is 0 Å². The zero-order valence-electron chi connectivity index (χ0n) is 8.55. The molecule has 0 aromatic carbocycles. The standard InChI is InChI=1S/C9H16O3S/c1-7(10)12-9(3,4)5-6-13-8(2)11/h5-6H2,1-4H3. The summed E-state index contributed by atoms with van der Waals surface area (Å²) in [5.74, 6) is 0.410. The SMILES string of the molecule is CC(=O)OC(C)(C)CCSC(C)=O. The van der Waals surface area contributed by atoms with Gasteiger partial charge in [0, 0.05) is 19.6 Å². The average Bonchev–Trinajstić information content (AvgIpc) is 1.81. The van der Waals surface area contributed by atoms with E-state index in [0.717, 1.165) is 0 Å². The molecule has 0 rings (SSSR count). The van der Waals surface area contributed by atoms with Crippen molar-refractivity contribution >= 4 is 22.8 Å². The largest absolute Gasteiger partial charge is 0.460 e. The van der Waals surface area contributed by atoms with Crippen LogP contribution >= 0.6 is 11.8 Å². The van der Waals surface area contributed by atoms with Crippen LogP contribution < -0.4 is 0 Å². The van der Waals surface area contributed by atoms with Crippen LogP contribution in [0.15, 0.2) is 0 Å². The van der Waals surface area contributed by atoms with Crippen LogP contribution in [0, 0.1) is 0 Å². The predicted molar refractivity (Wildman–Crippen MR) is 53.6 cm³/mol. The Morgan fingerprint density at radius 1 is 1.31 bits per heavy atom. The van der Waals surface area contributed by atoms with E-state index >= 15 is 0 Å². The Hall–Kier alpha value is -0.510. The molecule has 0 saturated heterocycles. The van der Waals surface area contributed by atoms with E-state index in [9.17, 15) is 9.59 Å². The normalized spacial score (nSPS) is 11.1. The summed E-state index contributed by atoms with van der Waals surface area (Å²) in [4.78, 5) is 21.3. The zero-order valence-corrected chi connectivity index (χ0v) is 9.36. The molecule has 0 spiro atoms. The van der Waals surface area contributed by atoms with Crippen LogP contribution in [0.4, 0.5) is 0 Å². The van der Waals surface area contributed by atoms with E-state index in [4.69, 9.17) is 4.74 Å². The fraction of sp³-hybridized carbons (Fsp3) is 0.778. The molecule has 0 amide bonds. The fourth-order valence-electron chi connectivity index (χ4n) is 0.881. The minimum Gasteiger partial charge on any atom is -0.460 e. The van der Waals surface area contributed by atoms with Gasteiger partial charge in [0.15, 0.2) is 5.12 Å². The van der Waals surface area contributed by atoms with Crippen molar-refractivity contribution in [1.82, 2.24) is 0 Å². The maximum Gasteiger partial charge on any atom is 0.303 e. The van der Waals surface area contributed by atoms with Crippen LogP contribution in [0.1, 0.15) is 34.1 Å². The summed E-state index contributed by atoms with van der Waals surface area (Å²) in [6, 6.07) is 0. The highest BCUT2D eigenvalue weighted by molar-refractivity contribution is 8.13. The first-order chi connectivity index (χ1) is 5.83. The van der Waals surface area contributed by atoms with Gasteiger partial charge in [0.2, 0.25) is 0 Å². The first-order valence-electron chi connectivity index (χ1n) is 4.16. The summed E-state index contributed by atoms with van der Waals surface area (Å²) in [6.07, 6.45) is 0.691. The molecule has 76 valence electrons. The van der Waals surface area contributed by atoms with E-state index in [-0.39, 0.29) is 11.1 Å². The van der Waals surface area contributed by atoms with Crippen molar-refractivity contribution in [3.05, 3.63) is 0 Å². The predicted octanol–water partition coefficient (Wildman–Crippen LogP) is 2.00. The highest BCUT2D eigenvalue weighted by atomic mass is 32.2. The third kappa shape index (κ3) is 7.84. The first kappa shape index (κ1) is 12.5. The third-order valence-corrected chi connectivity index (χ3v) is 2.24. The molecule has 0 aliphatic rings. The van der Waals surface area contributed by atoms with Gasteiger partial charge in [-0.15, -0.1) is 0 Å². The Morgan fingerprint density at radius 3 is 2.23 bits per heavy atom. The maximum absolute atomic E-state index is 10.7. The summed E-state index contributed by atoms with van der Waals surface area (Å²) < 4.78 is 5.06. The molecule has 13 heavy (non-hydrogen) atoms. The van der Waals surface area contributed by atoms with Crippen molar-refractivity contribution in [2.24, 2.45) is 0 Å². The molecule has 0 aliphatic heterocycles. The van der Waals surface area contributed by atoms with Gasteiger partial charge in [-0.2, -0.15) is 0 Å². The van der Waals surface area contributed by atoms with Crippen molar-refractivity contribution in [2.75, 3.05) is 5.75 Å². The first-order valence-corrected chi connectivity index (χ1v) is 5.15. The summed E-state index contributed by atoms with van der Waals surface area (Å²) in [6.45, 7) is 6.60. The lowest BCUT2D eigenvalue weighted by Gasteiger charge is -2.23. The monoisotopic (exact) mass is 204 g/mol. The van der Waals surface area contributed by atoms with Crippen LogP contribution in [0.25, 0.3) is 0 Å². The van der Waals surface area contributed by atoms with Gasteiger partial charge in [-0.25, -0.2) is 0 Å². The van der Waals surface area contributed by atoms with Crippen molar-refractivity contribution in [3.8, 4) is 0 Å². The van der Waals surface area contributed by atoms with Gasteiger partial charge in [0.25, 0.3) is 0 Å². The molecular weight excluding hydrogens is 188 g/mol. The van der Waals surface area contributed by atoms with Crippen LogP contribution in [0.3, 0.4) is 0 Å². The number of rotatable bonds is 4. The molecule has 0 unspecified atom stereocenters. The van der Waals surface area contributed by atoms with Gasteiger partial charge in [-0.1, -0.05) is 11.8 Å². The van der Waals surface area contributed by atoms with Crippen molar-refractivity contribution in [3.63, 3.8) is 0 Å². The number of ether oxygens (including phenoxy) is 1. The molecule has 0 N–H and O–H groups in total. The zero-order chi connectivity index (χ0) is 10.5. The molecule has 0 aromatic heterocycles. The number of carbonyl (C=O) groups excluding carboxylic acids is 2.